The molecule has 2 N–H and O–H groups in total. The normalized spacial score (nSPS) is 11.1. The fourth-order valence-corrected chi connectivity index (χ4v) is 3.59. The van der Waals surface area contributed by atoms with Crippen LogP contribution in [0.2, 0.25) is 0 Å². The number of benzene rings is 4. The predicted molar refractivity (Wildman–Crippen MR) is 144 cm³/mol. The second-order valence-electron chi connectivity index (χ2n) is 8.38. The number of hydrogen-bond acceptors (Lipinski definition) is 4. The summed E-state index contributed by atoms with van der Waals surface area (Å²) in [6, 6.07) is 30.1. The van der Waals surface area contributed by atoms with E-state index in [1.165, 1.54) is 0 Å². The van der Waals surface area contributed by atoms with Gasteiger partial charge in [-0.15, -0.1) is 0 Å². The number of rotatable bonds is 7. The Labute approximate surface area is 210 Å². The highest BCUT2D eigenvalue weighted by Gasteiger charge is 2.07. The van der Waals surface area contributed by atoms with Crippen molar-refractivity contribution in [3.63, 3.8) is 0 Å². The van der Waals surface area contributed by atoms with Crippen LogP contribution in [0, 0.1) is 13.8 Å². The molecule has 0 spiro atoms. The molecule has 6 nitrogen and oxygen atoms in total. The van der Waals surface area contributed by atoms with Crippen LogP contribution in [0.4, 0.5) is 0 Å². The van der Waals surface area contributed by atoms with Crippen molar-refractivity contribution in [1.29, 1.82) is 0 Å². The monoisotopic (exact) mass is 474 g/mol. The van der Waals surface area contributed by atoms with Crippen LogP contribution in [0.1, 0.15) is 43.0 Å². The molecule has 0 saturated carbocycles. The first-order valence-electron chi connectivity index (χ1n) is 11.5. The van der Waals surface area contributed by atoms with Gasteiger partial charge in [-0.3, -0.25) is 9.59 Å². The summed E-state index contributed by atoms with van der Waals surface area (Å²) >= 11 is 0. The molecule has 36 heavy (non-hydrogen) atoms. The van der Waals surface area contributed by atoms with Crippen molar-refractivity contribution in [3.8, 4) is 11.1 Å². The van der Waals surface area contributed by atoms with Crippen LogP contribution in [-0.4, -0.2) is 24.2 Å². The van der Waals surface area contributed by atoms with Crippen LogP contribution < -0.4 is 10.9 Å². The van der Waals surface area contributed by atoms with E-state index in [-0.39, 0.29) is 11.8 Å². The Balaban J connectivity index is 1.33. The molecule has 0 radical (unpaired) electrons. The molecule has 0 saturated heterocycles. The second-order valence-corrected chi connectivity index (χ2v) is 8.38. The Morgan fingerprint density at radius 2 is 0.972 bits per heavy atom. The molecule has 0 aliphatic heterocycles. The molecule has 4 rings (SSSR count). The Bertz CT molecular complexity index is 1310. The lowest BCUT2D eigenvalue weighted by molar-refractivity contribution is 0.0947. The highest BCUT2D eigenvalue weighted by Crippen LogP contribution is 2.20. The second kappa shape index (κ2) is 11.5. The summed E-state index contributed by atoms with van der Waals surface area (Å²) in [4.78, 5) is 24.8. The van der Waals surface area contributed by atoms with Crippen LogP contribution >= 0.6 is 0 Å². The molecule has 0 atom stereocenters. The first-order chi connectivity index (χ1) is 17.5. The summed E-state index contributed by atoms with van der Waals surface area (Å²) in [7, 11) is 0. The topological polar surface area (TPSA) is 82.9 Å². The van der Waals surface area contributed by atoms with E-state index in [2.05, 4.69) is 21.1 Å². The molecule has 4 aromatic rings. The quantitative estimate of drug-likeness (QED) is 0.274. The van der Waals surface area contributed by atoms with Crippen molar-refractivity contribution in [1.82, 2.24) is 10.9 Å². The van der Waals surface area contributed by atoms with E-state index >= 15 is 0 Å². The lowest BCUT2D eigenvalue weighted by atomic mass is 10.0. The third-order valence-corrected chi connectivity index (χ3v) is 5.47. The van der Waals surface area contributed by atoms with Gasteiger partial charge in [-0.25, -0.2) is 10.9 Å². The number of aryl methyl sites for hydroxylation is 2. The van der Waals surface area contributed by atoms with Crippen molar-refractivity contribution in [3.05, 3.63) is 130 Å². The summed E-state index contributed by atoms with van der Waals surface area (Å²) in [5.41, 5.74) is 12.1. The number of nitrogens with one attached hydrogen (secondary N) is 2. The highest BCUT2D eigenvalue weighted by atomic mass is 16.2. The lowest BCUT2D eigenvalue weighted by Gasteiger charge is -2.06. The van der Waals surface area contributed by atoms with E-state index in [4.69, 9.17) is 0 Å². The smallest absolute Gasteiger partial charge is 0.267 e. The van der Waals surface area contributed by atoms with Crippen molar-refractivity contribution in [2.24, 2.45) is 10.2 Å². The fourth-order valence-electron chi connectivity index (χ4n) is 3.59. The molecule has 0 aliphatic carbocycles. The van der Waals surface area contributed by atoms with Gasteiger partial charge < -0.3 is 0 Å². The highest BCUT2D eigenvalue weighted by molar-refractivity contribution is 5.96. The molecule has 178 valence electrons. The van der Waals surface area contributed by atoms with E-state index in [9.17, 15) is 9.59 Å². The maximum absolute atomic E-state index is 12.4. The minimum Gasteiger partial charge on any atom is -0.267 e. The summed E-state index contributed by atoms with van der Waals surface area (Å²) in [6.07, 6.45) is 3.23. The maximum atomic E-state index is 12.4. The zero-order chi connectivity index (χ0) is 25.3. The van der Waals surface area contributed by atoms with E-state index in [0.29, 0.717) is 11.1 Å². The SMILES string of the molecule is Cc1cccc(/C=N/NC(=O)c2ccc(-c3ccc(C(=O)N/N=C/c4cccc(C)c4)cc3)cc2)c1. The van der Waals surface area contributed by atoms with Gasteiger partial charge in [0.05, 0.1) is 12.4 Å². The van der Waals surface area contributed by atoms with Crippen LogP contribution in [0.5, 0.6) is 0 Å². The Hall–Kier alpha value is -4.84. The third-order valence-electron chi connectivity index (χ3n) is 5.47. The van der Waals surface area contributed by atoms with Gasteiger partial charge in [-0.1, -0.05) is 83.9 Å². The molecule has 4 aromatic carbocycles. The number of hydrazone groups is 2. The lowest BCUT2D eigenvalue weighted by Crippen LogP contribution is -2.17. The van der Waals surface area contributed by atoms with Gasteiger partial charge in [-0.2, -0.15) is 10.2 Å². The molecule has 0 fully saturated rings. The minimum atomic E-state index is -0.288. The molecule has 0 aliphatic rings. The number of carbonyl (C=O) groups excluding carboxylic acids is 2. The van der Waals surface area contributed by atoms with Crippen molar-refractivity contribution in [2.75, 3.05) is 0 Å². The Kier molecular flexibility index (Phi) is 7.78. The molecule has 0 heterocycles. The zero-order valence-corrected chi connectivity index (χ0v) is 20.1. The van der Waals surface area contributed by atoms with Crippen molar-refractivity contribution >= 4 is 24.2 Å². The minimum absolute atomic E-state index is 0.288. The maximum Gasteiger partial charge on any atom is 0.271 e. The molecule has 0 bridgehead atoms. The van der Waals surface area contributed by atoms with Gasteiger partial charge in [0.25, 0.3) is 11.8 Å². The summed E-state index contributed by atoms with van der Waals surface area (Å²) in [6.45, 7) is 4.00. The van der Waals surface area contributed by atoms with Gasteiger partial charge in [0, 0.05) is 11.1 Å². The van der Waals surface area contributed by atoms with E-state index in [1.807, 2.05) is 86.6 Å². The van der Waals surface area contributed by atoms with Gasteiger partial charge in [0.1, 0.15) is 0 Å². The van der Waals surface area contributed by atoms with Crippen LogP contribution in [0.15, 0.2) is 107 Å². The number of hydrogen-bond donors (Lipinski definition) is 2. The largest absolute Gasteiger partial charge is 0.271 e. The van der Waals surface area contributed by atoms with Gasteiger partial charge in [-0.05, 0) is 60.4 Å². The summed E-state index contributed by atoms with van der Waals surface area (Å²) in [5, 5.41) is 8.07. The van der Waals surface area contributed by atoms with Gasteiger partial charge >= 0.3 is 0 Å². The van der Waals surface area contributed by atoms with Crippen LogP contribution in [-0.2, 0) is 0 Å². The molecular formula is C30H26N4O2. The zero-order valence-electron chi connectivity index (χ0n) is 20.1. The van der Waals surface area contributed by atoms with Gasteiger partial charge in [0.2, 0.25) is 0 Å². The number of carbonyl (C=O) groups is 2. The predicted octanol–water partition coefficient (Wildman–Crippen LogP) is 5.50. The van der Waals surface area contributed by atoms with E-state index in [0.717, 1.165) is 33.4 Å². The first-order valence-corrected chi connectivity index (χ1v) is 11.5. The number of amides is 2. The summed E-state index contributed by atoms with van der Waals surface area (Å²) in [5.74, 6) is -0.576. The average molecular weight is 475 g/mol. The van der Waals surface area contributed by atoms with Crippen molar-refractivity contribution in [2.45, 2.75) is 13.8 Å². The van der Waals surface area contributed by atoms with Crippen molar-refractivity contribution < 1.29 is 9.59 Å². The number of nitrogens with zero attached hydrogens (tertiary/aromatic N) is 2. The standard InChI is InChI=1S/C30H26N4O2/c1-21-5-3-7-23(17-21)19-31-33-29(35)27-13-9-25(10-14-27)26-11-15-28(16-12-26)30(36)34-32-20-24-8-4-6-22(2)18-24/h3-20H,1-2H3,(H,33,35)(H,34,36)/b31-19+,32-20+. The third kappa shape index (κ3) is 6.61. The van der Waals surface area contributed by atoms with E-state index in [1.54, 1.807) is 36.7 Å². The molecular weight excluding hydrogens is 448 g/mol. The average Bonchev–Trinajstić information content (AvgIpc) is 2.89. The molecule has 2 amide bonds. The van der Waals surface area contributed by atoms with E-state index < -0.39 is 0 Å². The first kappa shape index (κ1) is 24.3. The van der Waals surface area contributed by atoms with Crippen LogP contribution in [0.3, 0.4) is 0 Å². The van der Waals surface area contributed by atoms with Gasteiger partial charge in [0.15, 0.2) is 0 Å². The Morgan fingerprint density at radius 1 is 0.583 bits per heavy atom. The fraction of sp³-hybridized carbons (Fsp3) is 0.0667. The summed E-state index contributed by atoms with van der Waals surface area (Å²) < 4.78 is 0. The Morgan fingerprint density at radius 3 is 1.33 bits per heavy atom. The molecule has 0 unspecified atom stereocenters. The molecule has 0 aromatic heterocycles. The molecule has 6 heteroatoms. The van der Waals surface area contributed by atoms with Crippen LogP contribution in [0.25, 0.3) is 11.1 Å².